The van der Waals surface area contributed by atoms with E-state index in [4.69, 9.17) is 4.55 Å². The normalized spacial score (nSPS) is 17.6. The number of hydrogen-bond acceptors (Lipinski definition) is 3. The van der Waals surface area contributed by atoms with E-state index in [2.05, 4.69) is 11.8 Å². The van der Waals surface area contributed by atoms with E-state index in [0.717, 1.165) is 0 Å². The van der Waals surface area contributed by atoms with Crippen molar-refractivity contribution in [1.82, 2.24) is 4.90 Å². The highest BCUT2D eigenvalue weighted by molar-refractivity contribution is 7.85. The molecule has 1 fully saturated rings. The van der Waals surface area contributed by atoms with E-state index in [-0.39, 0.29) is 5.75 Å². The van der Waals surface area contributed by atoms with Gasteiger partial charge in [-0.05, 0) is 45.8 Å². The lowest BCUT2D eigenvalue weighted by Gasteiger charge is -2.11. The molecular formula is C9H21NO3S. The minimum atomic E-state index is -3.66. The molecule has 1 aliphatic rings. The second kappa shape index (κ2) is 7.20. The predicted octanol–water partition coefficient (Wildman–Crippen LogP) is 1.39. The number of rotatable bonds is 3. The van der Waals surface area contributed by atoms with Gasteiger partial charge in [-0.1, -0.05) is 6.92 Å². The van der Waals surface area contributed by atoms with E-state index in [1.165, 1.54) is 45.8 Å². The lowest BCUT2D eigenvalue weighted by Crippen LogP contribution is -2.19. The molecule has 0 aromatic rings. The molecule has 5 heteroatoms. The lowest BCUT2D eigenvalue weighted by atomic mass is 10.4. The molecule has 0 aromatic heterocycles. The average molecular weight is 223 g/mol. The highest BCUT2D eigenvalue weighted by Crippen LogP contribution is 2.06. The maximum Gasteiger partial charge on any atom is 0.264 e. The zero-order valence-electron chi connectivity index (χ0n) is 9.07. The lowest BCUT2D eigenvalue weighted by molar-refractivity contribution is 0.339. The van der Waals surface area contributed by atoms with Crippen LogP contribution in [0, 0.1) is 0 Å². The van der Waals surface area contributed by atoms with Crippen molar-refractivity contribution in [3.05, 3.63) is 0 Å². The maximum absolute atomic E-state index is 9.56. The molecule has 0 aliphatic carbocycles. The third-order valence-electron chi connectivity index (χ3n) is 2.10. The zero-order chi connectivity index (χ0) is 11.0. The Balaban J connectivity index is 0.000000255. The molecule has 0 radical (unpaired) electrons. The molecule has 14 heavy (non-hydrogen) atoms. The summed E-state index contributed by atoms with van der Waals surface area (Å²) in [4.78, 5) is 2.54. The summed E-state index contributed by atoms with van der Waals surface area (Å²) in [6.07, 6.45) is 4.18. The number of hydrogen-bond donors (Lipinski definition) is 1. The van der Waals surface area contributed by atoms with Gasteiger partial charge in [-0.25, -0.2) is 0 Å². The zero-order valence-corrected chi connectivity index (χ0v) is 9.89. The first kappa shape index (κ1) is 13.9. The standard InChI is InChI=1S/C7H15N.C2H6O3S/c1-2-5-8-6-3-4-7-8;1-2-6(3,4)5/h2-7H2,1H3;2H2,1H3,(H,3,4,5). The maximum atomic E-state index is 9.56. The van der Waals surface area contributed by atoms with Crippen molar-refractivity contribution in [1.29, 1.82) is 0 Å². The molecule has 1 saturated heterocycles. The summed E-state index contributed by atoms with van der Waals surface area (Å²) in [7, 11) is -3.66. The van der Waals surface area contributed by atoms with Gasteiger partial charge in [0.2, 0.25) is 0 Å². The Kier molecular flexibility index (Phi) is 7.13. The Bertz CT molecular complexity index is 220. The second-order valence-corrected chi connectivity index (χ2v) is 5.16. The first-order valence-corrected chi connectivity index (χ1v) is 6.78. The Hall–Kier alpha value is -0.130. The van der Waals surface area contributed by atoms with E-state index in [1.807, 2.05) is 0 Å². The number of likely N-dealkylation sites (tertiary alicyclic amines) is 1. The van der Waals surface area contributed by atoms with E-state index in [0.29, 0.717) is 0 Å². The van der Waals surface area contributed by atoms with Crippen molar-refractivity contribution in [2.45, 2.75) is 33.1 Å². The quantitative estimate of drug-likeness (QED) is 0.734. The molecule has 0 atom stereocenters. The van der Waals surface area contributed by atoms with Gasteiger partial charge in [0.15, 0.2) is 0 Å². The van der Waals surface area contributed by atoms with Crippen molar-refractivity contribution < 1.29 is 13.0 Å². The summed E-state index contributed by atoms with van der Waals surface area (Å²) < 4.78 is 26.9. The summed E-state index contributed by atoms with van der Waals surface area (Å²) >= 11 is 0. The van der Waals surface area contributed by atoms with Crippen LogP contribution in [0.1, 0.15) is 33.1 Å². The van der Waals surface area contributed by atoms with E-state index in [9.17, 15) is 8.42 Å². The first-order chi connectivity index (χ1) is 6.49. The van der Waals surface area contributed by atoms with Crippen LogP contribution in [0.3, 0.4) is 0 Å². The van der Waals surface area contributed by atoms with Gasteiger partial charge in [0, 0.05) is 0 Å². The van der Waals surface area contributed by atoms with Crippen LogP contribution in [0.15, 0.2) is 0 Å². The summed E-state index contributed by atoms with van der Waals surface area (Å²) in [5.41, 5.74) is 0. The van der Waals surface area contributed by atoms with Crippen molar-refractivity contribution in [3.63, 3.8) is 0 Å². The molecule has 0 amide bonds. The van der Waals surface area contributed by atoms with Crippen LogP contribution in [0.5, 0.6) is 0 Å². The molecule has 1 N–H and O–H groups in total. The van der Waals surface area contributed by atoms with Gasteiger partial charge in [-0.3, -0.25) is 4.55 Å². The van der Waals surface area contributed by atoms with Crippen molar-refractivity contribution in [2.75, 3.05) is 25.4 Å². The van der Waals surface area contributed by atoms with Crippen LogP contribution in [-0.4, -0.2) is 43.3 Å². The fraction of sp³-hybridized carbons (Fsp3) is 1.00. The van der Waals surface area contributed by atoms with Crippen LogP contribution >= 0.6 is 0 Å². The van der Waals surface area contributed by atoms with Gasteiger partial charge in [0.25, 0.3) is 10.1 Å². The molecule has 0 saturated carbocycles. The van der Waals surface area contributed by atoms with Gasteiger partial charge in [0.05, 0.1) is 5.75 Å². The van der Waals surface area contributed by atoms with E-state index in [1.54, 1.807) is 0 Å². The molecule has 4 nitrogen and oxygen atoms in total. The smallest absolute Gasteiger partial charge is 0.264 e. The SMILES string of the molecule is CCCN1CCCC1.CCS(=O)(=O)O. The summed E-state index contributed by atoms with van der Waals surface area (Å²) in [5.74, 6) is -0.201. The molecule has 0 unspecified atom stereocenters. The topological polar surface area (TPSA) is 57.6 Å². The molecule has 1 rings (SSSR count). The fourth-order valence-electron chi connectivity index (χ4n) is 1.32. The Morgan fingerprint density at radius 1 is 1.21 bits per heavy atom. The van der Waals surface area contributed by atoms with E-state index >= 15 is 0 Å². The highest BCUT2D eigenvalue weighted by atomic mass is 32.2. The summed E-state index contributed by atoms with van der Waals surface area (Å²) in [6.45, 7) is 7.65. The minimum Gasteiger partial charge on any atom is -0.303 e. The van der Waals surface area contributed by atoms with Gasteiger partial charge < -0.3 is 4.90 Å². The Labute approximate surface area is 87.0 Å². The van der Waals surface area contributed by atoms with Crippen molar-refractivity contribution >= 4 is 10.1 Å². The van der Waals surface area contributed by atoms with Crippen LogP contribution in [0.4, 0.5) is 0 Å². The van der Waals surface area contributed by atoms with Crippen LogP contribution < -0.4 is 0 Å². The van der Waals surface area contributed by atoms with Crippen LogP contribution in [-0.2, 0) is 10.1 Å². The van der Waals surface area contributed by atoms with Gasteiger partial charge >= 0.3 is 0 Å². The summed E-state index contributed by atoms with van der Waals surface area (Å²) in [6, 6.07) is 0. The molecular weight excluding hydrogens is 202 g/mol. The first-order valence-electron chi connectivity index (χ1n) is 5.17. The third-order valence-corrected chi connectivity index (χ3v) is 2.83. The third kappa shape index (κ3) is 8.47. The fourth-order valence-corrected chi connectivity index (χ4v) is 1.32. The highest BCUT2D eigenvalue weighted by Gasteiger charge is 2.08. The Morgan fingerprint density at radius 3 is 1.93 bits per heavy atom. The Morgan fingerprint density at radius 2 is 1.64 bits per heavy atom. The molecule has 1 aliphatic heterocycles. The molecule has 0 aromatic carbocycles. The molecule has 1 heterocycles. The average Bonchev–Trinajstić information content (AvgIpc) is 2.58. The van der Waals surface area contributed by atoms with Gasteiger partial charge in [-0.15, -0.1) is 0 Å². The largest absolute Gasteiger partial charge is 0.303 e. The molecule has 86 valence electrons. The predicted molar refractivity (Wildman–Crippen MR) is 58.1 cm³/mol. The van der Waals surface area contributed by atoms with Crippen molar-refractivity contribution in [2.24, 2.45) is 0 Å². The van der Waals surface area contributed by atoms with Gasteiger partial charge in [0.1, 0.15) is 0 Å². The molecule has 0 spiro atoms. The number of nitrogens with zero attached hydrogens (tertiary/aromatic N) is 1. The van der Waals surface area contributed by atoms with Crippen LogP contribution in [0.2, 0.25) is 0 Å². The second-order valence-electron chi connectivity index (χ2n) is 3.42. The van der Waals surface area contributed by atoms with Crippen molar-refractivity contribution in [3.8, 4) is 0 Å². The van der Waals surface area contributed by atoms with Crippen LogP contribution in [0.25, 0.3) is 0 Å². The van der Waals surface area contributed by atoms with E-state index < -0.39 is 10.1 Å². The van der Waals surface area contributed by atoms with Gasteiger partial charge in [-0.2, -0.15) is 8.42 Å². The summed E-state index contributed by atoms with van der Waals surface area (Å²) in [5, 5.41) is 0. The minimum absolute atomic E-state index is 0.201. The monoisotopic (exact) mass is 223 g/mol. The molecule has 0 bridgehead atoms.